The maximum Gasteiger partial charge on any atom is 0.139 e. The van der Waals surface area contributed by atoms with E-state index in [1.165, 1.54) is 0 Å². The fourth-order valence-corrected chi connectivity index (χ4v) is 3.04. The number of halogens is 1. The molecule has 0 spiro atoms. The van der Waals surface area contributed by atoms with Crippen molar-refractivity contribution in [1.82, 2.24) is 14.8 Å². The molecule has 0 radical (unpaired) electrons. The van der Waals surface area contributed by atoms with E-state index in [9.17, 15) is 5.11 Å². The number of fused-ring (bicyclic) bond motifs is 1. The summed E-state index contributed by atoms with van der Waals surface area (Å²) in [5.41, 5.74) is 1.41. The van der Waals surface area contributed by atoms with E-state index < -0.39 is 6.10 Å². The van der Waals surface area contributed by atoms with Gasteiger partial charge in [0.1, 0.15) is 6.10 Å². The van der Waals surface area contributed by atoms with Crippen molar-refractivity contribution in [2.24, 2.45) is 0 Å². The number of benzene rings is 1. The fraction of sp³-hybridized carbons (Fsp3) is 0.250. The molecular formula is C16H16BrN3O. The molecule has 2 aromatic heterocycles. The van der Waals surface area contributed by atoms with Gasteiger partial charge in [0.15, 0.2) is 0 Å². The molecule has 2 heterocycles. The van der Waals surface area contributed by atoms with Crippen LogP contribution in [0.2, 0.25) is 0 Å². The summed E-state index contributed by atoms with van der Waals surface area (Å²) >= 11 is 3.48. The molecule has 0 saturated heterocycles. The minimum Gasteiger partial charge on any atom is -0.380 e. The average molecular weight is 346 g/mol. The first-order chi connectivity index (χ1) is 10.2. The Hall–Kier alpha value is -1.72. The molecule has 108 valence electrons. The van der Waals surface area contributed by atoms with Crippen molar-refractivity contribution < 1.29 is 5.11 Å². The highest BCUT2D eigenvalue weighted by Gasteiger charge is 2.22. The summed E-state index contributed by atoms with van der Waals surface area (Å²) in [6, 6.07) is 9.89. The molecular weight excluding hydrogens is 330 g/mol. The second-order valence-electron chi connectivity index (χ2n) is 4.92. The maximum atomic E-state index is 10.8. The number of aryl methyl sites for hydroxylation is 1. The van der Waals surface area contributed by atoms with Crippen molar-refractivity contribution in [3.63, 3.8) is 0 Å². The molecule has 1 aromatic carbocycles. The predicted molar refractivity (Wildman–Crippen MR) is 86.0 cm³/mol. The number of pyridine rings is 1. The number of hydrogen-bond acceptors (Lipinski definition) is 3. The van der Waals surface area contributed by atoms with Gasteiger partial charge in [-0.2, -0.15) is 5.10 Å². The molecule has 21 heavy (non-hydrogen) atoms. The highest BCUT2D eigenvalue weighted by Crippen LogP contribution is 2.31. The highest BCUT2D eigenvalue weighted by molar-refractivity contribution is 9.10. The zero-order chi connectivity index (χ0) is 14.8. The normalized spacial score (nSPS) is 12.7. The number of aromatic nitrogens is 3. The zero-order valence-electron chi connectivity index (χ0n) is 11.7. The molecule has 1 atom stereocenters. The van der Waals surface area contributed by atoms with Gasteiger partial charge in [0, 0.05) is 18.1 Å². The van der Waals surface area contributed by atoms with Crippen molar-refractivity contribution >= 4 is 26.7 Å². The van der Waals surface area contributed by atoms with E-state index in [0.717, 1.165) is 33.9 Å². The molecule has 0 aliphatic rings. The minimum absolute atomic E-state index is 0.659. The molecule has 3 aromatic rings. The summed E-state index contributed by atoms with van der Waals surface area (Å²) in [6.45, 7) is 2.85. The van der Waals surface area contributed by atoms with E-state index >= 15 is 0 Å². The van der Waals surface area contributed by atoms with Crippen LogP contribution < -0.4 is 0 Å². The van der Waals surface area contributed by atoms with Gasteiger partial charge >= 0.3 is 0 Å². The third-order valence-corrected chi connectivity index (χ3v) is 4.10. The first kappa shape index (κ1) is 14.2. The standard InChI is InChI=1S/C16H16BrN3O/c1-2-9-20-15(13(17)10-19-20)16(21)14-12-6-4-3-5-11(12)7-8-18-14/h3-8,10,16,21H,2,9H2,1H3. The van der Waals surface area contributed by atoms with Crippen LogP contribution in [0.15, 0.2) is 47.2 Å². The lowest BCUT2D eigenvalue weighted by molar-refractivity contribution is 0.203. The zero-order valence-corrected chi connectivity index (χ0v) is 13.3. The highest BCUT2D eigenvalue weighted by atomic mass is 79.9. The fourth-order valence-electron chi connectivity index (χ4n) is 2.52. The molecule has 0 fully saturated rings. The summed E-state index contributed by atoms with van der Waals surface area (Å²) in [7, 11) is 0. The lowest BCUT2D eigenvalue weighted by Crippen LogP contribution is -2.12. The Bertz CT molecular complexity index is 764. The Labute approximate surface area is 131 Å². The van der Waals surface area contributed by atoms with Crippen LogP contribution in [0.3, 0.4) is 0 Å². The molecule has 1 unspecified atom stereocenters. The van der Waals surface area contributed by atoms with Crippen molar-refractivity contribution in [2.75, 3.05) is 0 Å². The lowest BCUT2D eigenvalue weighted by Gasteiger charge is -2.15. The third-order valence-electron chi connectivity index (χ3n) is 3.49. The topological polar surface area (TPSA) is 50.9 Å². The van der Waals surface area contributed by atoms with Crippen LogP contribution in [0, 0.1) is 0 Å². The third kappa shape index (κ3) is 2.59. The molecule has 1 N–H and O–H groups in total. The van der Waals surface area contributed by atoms with Gasteiger partial charge in [-0.1, -0.05) is 31.2 Å². The number of aliphatic hydroxyl groups excluding tert-OH is 1. The second kappa shape index (κ2) is 5.95. The van der Waals surface area contributed by atoms with Crippen molar-refractivity contribution in [1.29, 1.82) is 0 Å². The Morgan fingerprint density at radius 1 is 1.29 bits per heavy atom. The first-order valence-corrected chi connectivity index (χ1v) is 7.74. The monoisotopic (exact) mass is 345 g/mol. The molecule has 0 saturated carbocycles. The quantitative estimate of drug-likeness (QED) is 0.784. The van der Waals surface area contributed by atoms with Crippen molar-refractivity contribution in [3.05, 3.63) is 58.6 Å². The van der Waals surface area contributed by atoms with E-state index in [4.69, 9.17) is 0 Å². The van der Waals surface area contributed by atoms with E-state index in [1.807, 2.05) is 35.0 Å². The van der Waals surface area contributed by atoms with Crippen LogP contribution in [0.25, 0.3) is 10.8 Å². The Morgan fingerprint density at radius 2 is 2.10 bits per heavy atom. The molecule has 0 bridgehead atoms. The van der Waals surface area contributed by atoms with Crippen LogP contribution in [-0.4, -0.2) is 19.9 Å². The summed E-state index contributed by atoms with van der Waals surface area (Å²) in [5.74, 6) is 0. The van der Waals surface area contributed by atoms with Gasteiger partial charge in [-0.25, -0.2) is 0 Å². The van der Waals surface area contributed by atoms with Crippen molar-refractivity contribution in [3.8, 4) is 0 Å². The van der Waals surface area contributed by atoms with E-state index in [0.29, 0.717) is 5.69 Å². The van der Waals surface area contributed by atoms with Gasteiger partial charge in [-0.15, -0.1) is 0 Å². The van der Waals surface area contributed by atoms with Gasteiger partial charge in [-0.05, 0) is 33.8 Å². The average Bonchev–Trinajstić information content (AvgIpc) is 2.87. The molecule has 4 nitrogen and oxygen atoms in total. The number of aliphatic hydroxyl groups is 1. The molecule has 0 aliphatic heterocycles. The smallest absolute Gasteiger partial charge is 0.139 e. The van der Waals surface area contributed by atoms with Gasteiger partial charge < -0.3 is 5.11 Å². The van der Waals surface area contributed by atoms with Crippen LogP contribution >= 0.6 is 15.9 Å². The summed E-state index contributed by atoms with van der Waals surface area (Å²) in [6.07, 6.45) is 3.60. The van der Waals surface area contributed by atoms with E-state index in [-0.39, 0.29) is 0 Å². The first-order valence-electron chi connectivity index (χ1n) is 6.95. The minimum atomic E-state index is -0.806. The van der Waals surface area contributed by atoms with Gasteiger partial charge in [0.2, 0.25) is 0 Å². The summed E-state index contributed by atoms with van der Waals surface area (Å²) in [4.78, 5) is 4.39. The maximum absolute atomic E-state index is 10.8. The van der Waals surface area contributed by atoms with Gasteiger partial charge in [0.05, 0.1) is 22.1 Å². The summed E-state index contributed by atoms with van der Waals surface area (Å²) in [5, 5.41) is 17.2. The van der Waals surface area contributed by atoms with E-state index in [2.05, 4.69) is 32.9 Å². The van der Waals surface area contributed by atoms with Crippen LogP contribution in [0.4, 0.5) is 0 Å². The Morgan fingerprint density at radius 3 is 2.90 bits per heavy atom. The molecule has 0 aliphatic carbocycles. The van der Waals surface area contributed by atoms with Crippen LogP contribution in [0.5, 0.6) is 0 Å². The predicted octanol–water partition coefficient (Wildman–Crippen LogP) is 3.69. The molecule has 5 heteroatoms. The Balaban J connectivity index is 2.13. The van der Waals surface area contributed by atoms with Crippen LogP contribution in [-0.2, 0) is 6.54 Å². The van der Waals surface area contributed by atoms with Gasteiger partial charge in [-0.3, -0.25) is 9.67 Å². The molecule has 0 amide bonds. The SMILES string of the molecule is CCCn1ncc(Br)c1C(O)c1nccc2ccccc12. The van der Waals surface area contributed by atoms with Crippen LogP contribution in [0.1, 0.15) is 30.8 Å². The Kier molecular flexibility index (Phi) is 4.03. The second-order valence-corrected chi connectivity index (χ2v) is 5.78. The number of hydrogen-bond donors (Lipinski definition) is 1. The van der Waals surface area contributed by atoms with Gasteiger partial charge in [0.25, 0.3) is 0 Å². The number of rotatable bonds is 4. The largest absolute Gasteiger partial charge is 0.380 e. The summed E-state index contributed by atoms with van der Waals surface area (Å²) < 4.78 is 2.64. The molecule has 3 rings (SSSR count). The number of nitrogens with zero attached hydrogens (tertiary/aromatic N) is 3. The van der Waals surface area contributed by atoms with E-state index in [1.54, 1.807) is 12.4 Å². The lowest BCUT2D eigenvalue weighted by atomic mass is 10.0. The van der Waals surface area contributed by atoms with Crippen molar-refractivity contribution in [2.45, 2.75) is 26.0 Å².